The monoisotopic (exact) mass is 266 g/mol. The normalized spacial score (nSPS) is 10.3. The molecule has 0 aliphatic rings. The molecule has 0 atom stereocenters. The molecule has 0 aliphatic heterocycles. The first kappa shape index (κ1) is 12.5. The molecular formula is C12H11O5P. The van der Waals surface area contributed by atoms with Crippen LogP contribution in [0.1, 0.15) is 0 Å². The van der Waals surface area contributed by atoms with E-state index in [-0.39, 0.29) is 11.5 Å². The van der Waals surface area contributed by atoms with Gasteiger partial charge in [0.2, 0.25) is 0 Å². The van der Waals surface area contributed by atoms with Crippen molar-refractivity contribution in [3.05, 3.63) is 48.5 Å². The second-order valence-electron chi connectivity index (χ2n) is 3.41. The van der Waals surface area contributed by atoms with Gasteiger partial charge in [0.1, 0.15) is 23.0 Å². The summed E-state index contributed by atoms with van der Waals surface area (Å²) >= 11 is 0. The lowest BCUT2D eigenvalue weighted by molar-refractivity contribution is 0.380. The third kappa shape index (κ3) is 3.52. The Balaban J connectivity index is 1.94. The summed E-state index contributed by atoms with van der Waals surface area (Å²) in [6.07, 6.45) is 0. The summed E-state index contributed by atoms with van der Waals surface area (Å²) in [6, 6.07) is 11.8. The number of benzene rings is 2. The van der Waals surface area contributed by atoms with Gasteiger partial charge in [-0.25, -0.2) is 0 Å². The fourth-order valence-corrected chi connectivity index (χ4v) is 1.85. The zero-order valence-electron chi connectivity index (χ0n) is 9.22. The molecule has 0 radical (unpaired) electrons. The van der Waals surface area contributed by atoms with E-state index in [1.54, 1.807) is 0 Å². The Morgan fingerprint density at radius 1 is 0.667 bits per heavy atom. The Morgan fingerprint density at radius 2 is 1.00 bits per heavy atom. The maximum absolute atomic E-state index is 9.59. The number of aromatic hydroxyl groups is 2. The van der Waals surface area contributed by atoms with Crippen molar-refractivity contribution in [1.82, 2.24) is 0 Å². The SMILES string of the molecule is Oc1ccc(OP(O)Oc2ccc(O)cc2)cc1. The van der Waals surface area contributed by atoms with Gasteiger partial charge in [-0.1, -0.05) is 0 Å². The van der Waals surface area contributed by atoms with Crippen LogP contribution in [0.15, 0.2) is 48.5 Å². The molecule has 18 heavy (non-hydrogen) atoms. The van der Waals surface area contributed by atoms with Crippen molar-refractivity contribution in [2.24, 2.45) is 0 Å². The molecule has 6 heteroatoms. The summed E-state index contributed by atoms with van der Waals surface area (Å²) in [5, 5.41) is 18.2. The van der Waals surface area contributed by atoms with E-state index in [4.69, 9.17) is 19.3 Å². The van der Waals surface area contributed by atoms with Crippen LogP contribution in [0.4, 0.5) is 0 Å². The molecule has 0 spiro atoms. The first-order valence-electron chi connectivity index (χ1n) is 5.06. The van der Waals surface area contributed by atoms with Crippen molar-refractivity contribution < 1.29 is 24.2 Å². The second kappa shape index (κ2) is 5.58. The van der Waals surface area contributed by atoms with Crippen molar-refractivity contribution in [3.8, 4) is 23.0 Å². The molecule has 0 amide bonds. The van der Waals surface area contributed by atoms with Crippen LogP contribution in [0.3, 0.4) is 0 Å². The Labute approximate surface area is 105 Å². The van der Waals surface area contributed by atoms with Crippen molar-refractivity contribution >= 4 is 8.60 Å². The minimum Gasteiger partial charge on any atom is -0.508 e. The highest BCUT2D eigenvalue weighted by Crippen LogP contribution is 2.37. The van der Waals surface area contributed by atoms with Gasteiger partial charge in [0.05, 0.1) is 0 Å². The van der Waals surface area contributed by atoms with Gasteiger partial charge in [0.25, 0.3) is 0 Å². The molecule has 0 aliphatic carbocycles. The smallest absolute Gasteiger partial charge is 0.460 e. The standard InChI is InChI=1S/C12H11O5P/c13-9-1-5-11(6-2-9)16-18(15)17-12-7-3-10(14)4-8-12/h1-8,13-15H. The van der Waals surface area contributed by atoms with Gasteiger partial charge in [-0.05, 0) is 48.5 Å². The topological polar surface area (TPSA) is 79.2 Å². The van der Waals surface area contributed by atoms with Crippen LogP contribution < -0.4 is 9.05 Å². The van der Waals surface area contributed by atoms with Crippen molar-refractivity contribution in [1.29, 1.82) is 0 Å². The van der Waals surface area contributed by atoms with Gasteiger partial charge in [0.15, 0.2) is 0 Å². The van der Waals surface area contributed by atoms with Gasteiger partial charge in [0, 0.05) is 0 Å². The van der Waals surface area contributed by atoms with Gasteiger partial charge >= 0.3 is 8.60 Å². The number of phenolic OH excluding ortho intramolecular Hbond substituents is 2. The minimum atomic E-state index is -2.12. The largest absolute Gasteiger partial charge is 0.508 e. The van der Waals surface area contributed by atoms with E-state index in [2.05, 4.69) is 0 Å². The highest BCUT2D eigenvalue weighted by molar-refractivity contribution is 7.41. The lowest BCUT2D eigenvalue weighted by Crippen LogP contribution is -1.94. The quantitative estimate of drug-likeness (QED) is 0.741. The highest BCUT2D eigenvalue weighted by atomic mass is 31.2. The lowest BCUT2D eigenvalue weighted by atomic mass is 10.3. The minimum absolute atomic E-state index is 0.115. The molecule has 2 rings (SSSR count). The molecule has 0 aromatic heterocycles. The van der Waals surface area contributed by atoms with Gasteiger partial charge in [-0.15, -0.1) is 0 Å². The summed E-state index contributed by atoms with van der Waals surface area (Å²) < 4.78 is 10.3. The van der Waals surface area contributed by atoms with Crippen LogP contribution >= 0.6 is 8.60 Å². The summed E-state index contributed by atoms with van der Waals surface area (Å²) in [7, 11) is -2.12. The van der Waals surface area contributed by atoms with E-state index in [0.717, 1.165) is 0 Å². The molecule has 0 heterocycles. The number of phenols is 2. The average Bonchev–Trinajstić information content (AvgIpc) is 2.35. The fraction of sp³-hybridized carbons (Fsp3) is 0. The van der Waals surface area contributed by atoms with Gasteiger partial charge in [-0.2, -0.15) is 0 Å². The Morgan fingerprint density at radius 3 is 1.33 bits per heavy atom. The van der Waals surface area contributed by atoms with Crippen LogP contribution in [0.5, 0.6) is 23.0 Å². The Hall–Kier alpha value is -1.97. The average molecular weight is 266 g/mol. The molecule has 2 aromatic rings. The molecule has 0 saturated heterocycles. The predicted molar refractivity (Wildman–Crippen MR) is 66.6 cm³/mol. The van der Waals surface area contributed by atoms with Gasteiger partial charge in [-0.3, -0.25) is 0 Å². The maximum atomic E-state index is 9.59. The maximum Gasteiger partial charge on any atom is 0.460 e. The summed E-state index contributed by atoms with van der Waals surface area (Å²) in [5.41, 5.74) is 0. The van der Waals surface area contributed by atoms with E-state index >= 15 is 0 Å². The molecular weight excluding hydrogens is 255 g/mol. The zero-order chi connectivity index (χ0) is 13.0. The van der Waals surface area contributed by atoms with E-state index < -0.39 is 8.60 Å². The van der Waals surface area contributed by atoms with Crippen LogP contribution in [-0.4, -0.2) is 15.1 Å². The van der Waals surface area contributed by atoms with Crippen LogP contribution in [-0.2, 0) is 0 Å². The van der Waals surface area contributed by atoms with Crippen molar-refractivity contribution in [2.75, 3.05) is 0 Å². The van der Waals surface area contributed by atoms with E-state index in [1.165, 1.54) is 48.5 Å². The van der Waals surface area contributed by atoms with Crippen LogP contribution in [0, 0.1) is 0 Å². The third-order valence-corrected chi connectivity index (χ3v) is 2.77. The Bertz CT molecular complexity index is 449. The zero-order valence-corrected chi connectivity index (χ0v) is 10.1. The second-order valence-corrected chi connectivity index (χ2v) is 4.25. The molecule has 0 fully saturated rings. The third-order valence-electron chi connectivity index (χ3n) is 2.04. The highest BCUT2D eigenvalue weighted by Gasteiger charge is 2.11. The first-order valence-corrected chi connectivity index (χ1v) is 6.19. The lowest BCUT2D eigenvalue weighted by Gasteiger charge is -2.12. The fourth-order valence-electron chi connectivity index (χ4n) is 1.21. The van der Waals surface area contributed by atoms with E-state index in [1.807, 2.05) is 0 Å². The van der Waals surface area contributed by atoms with Gasteiger partial charge < -0.3 is 24.2 Å². The molecule has 94 valence electrons. The predicted octanol–water partition coefficient (Wildman–Crippen LogP) is 2.77. The Kier molecular flexibility index (Phi) is 3.87. The van der Waals surface area contributed by atoms with E-state index in [0.29, 0.717) is 11.5 Å². The summed E-state index contributed by atoms with van der Waals surface area (Å²) in [6.45, 7) is 0. The molecule has 2 aromatic carbocycles. The molecule has 3 N–H and O–H groups in total. The number of hydrogen-bond acceptors (Lipinski definition) is 5. The first-order chi connectivity index (χ1) is 8.63. The summed E-state index contributed by atoms with van der Waals surface area (Å²) in [4.78, 5) is 9.59. The van der Waals surface area contributed by atoms with Crippen molar-refractivity contribution in [3.63, 3.8) is 0 Å². The van der Waals surface area contributed by atoms with E-state index in [9.17, 15) is 4.89 Å². The van der Waals surface area contributed by atoms with Crippen LogP contribution in [0.2, 0.25) is 0 Å². The molecule has 0 unspecified atom stereocenters. The number of rotatable bonds is 4. The summed E-state index contributed by atoms with van der Waals surface area (Å²) in [5.74, 6) is 1.01. The van der Waals surface area contributed by atoms with Crippen LogP contribution in [0.25, 0.3) is 0 Å². The molecule has 0 bridgehead atoms. The van der Waals surface area contributed by atoms with Crippen molar-refractivity contribution in [2.45, 2.75) is 0 Å². The number of hydrogen-bond donors (Lipinski definition) is 3. The molecule has 5 nitrogen and oxygen atoms in total. The molecule has 0 saturated carbocycles.